The molecule has 0 aliphatic heterocycles. The number of phenolic OH excluding ortho intramolecular Hbond substituents is 2. The molecule has 17 heavy (non-hydrogen) atoms. The summed E-state index contributed by atoms with van der Waals surface area (Å²) < 4.78 is 0. The molecule has 2 N–H and O–H groups in total. The fraction of sp³-hybridized carbons (Fsp3) is 0.455. The lowest BCUT2D eigenvalue weighted by atomic mass is 10.1. The standard InChI is InChI=1S/C11H16N2O4/c1-3-12(4-2)7-8-5-10(14)11(15)6-9(8)13(16)17/h5-6,14-15H,3-4,7H2,1-2H3. The molecule has 0 unspecified atom stereocenters. The van der Waals surface area contributed by atoms with Crippen LogP contribution in [0.1, 0.15) is 19.4 Å². The lowest BCUT2D eigenvalue weighted by Gasteiger charge is -2.18. The monoisotopic (exact) mass is 240 g/mol. The Labute approximate surface area is 99.3 Å². The van der Waals surface area contributed by atoms with Gasteiger partial charge >= 0.3 is 0 Å². The van der Waals surface area contributed by atoms with Crippen molar-refractivity contribution in [2.75, 3.05) is 13.1 Å². The average Bonchev–Trinajstić information content (AvgIpc) is 2.29. The van der Waals surface area contributed by atoms with Crippen molar-refractivity contribution < 1.29 is 15.1 Å². The van der Waals surface area contributed by atoms with Crippen molar-refractivity contribution in [2.45, 2.75) is 20.4 Å². The number of aromatic hydroxyl groups is 2. The van der Waals surface area contributed by atoms with Gasteiger partial charge in [-0.25, -0.2) is 0 Å². The minimum absolute atomic E-state index is 0.174. The molecule has 6 nitrogen and oxygen atoms in total. The van der Waals surface area contributed by atoms with E-state index in [0.717, 1.165) is 19.2 Å². The van der Waals surface area contributed by atoms with Gasteiger partial charge in [0.05, 0.1) is 11.0 Å². The number of benzene rings is 1. The molecule has 1 aromatic rings. The number of hydrogen-bond donors (Lipinski definition) is 2. The summed E-state index contributed by atoms with van der Waals surface area (Å²) in [4.78, 5) is 12.3. The number of nitro groups is 1. The first-order valence-electron chi connectivity index (χ1n) is 5.41. The third-order valence-electron chi connectivity index (χ3n) is 2.66. The summed E-state index contributed by atoms with van der Waals surface area (Å²) in [6.45, 7) is 5.80. The smallest absolute Gasteiger partial charge is 0.277 e. The Hall–Kier alpha value is -1.82. The van der Waals surface area contributed by atoms with Gasteiger partial charge in [-0.3, -0.25) is 15.0 Å². The van der Waals surface area contributed by atoms with Gasteiger partial charge < -0.3 is 10.2 Å². The van der Waals surface area contributed by atoms with Crippen LogP contribution in [0.4, 0.5) is 5.69 Å². The molecular formula is C11H16N2O4. The van der Waals surface area contributed by atoms with Crippen LogP contribution < -0.4 is 0 Å². The van der Waals surface area contributed by atoms with E-state index in [1.165, 1.54) is 6.07 Å². The second-order valence-electron chi connectivity index (χ2n) is 3.69. The minimum Gasteiger partial charge on any atom is -0.504 e. The van der Waals surface area contributed by atoms with E-state index < -0.39 is 10.7 Å². The van der Waals surface area contributed by atoms with Gasteiger partial charge in [-0.2, -0.15) is 0 Å². The van der Waals surface area contributed by atoms with E-state index >= 15 is 0 Å². The zero-order valence-corrected chi connectivity index (χ0v) is 9.88. The molecule has 1 aromatic carbocycles. The summed E-state index contributed by atoms with van der Waals surface area (Å²) in [6.07, 6.45) is 0. The maximum atomic E-state index is 10.8. The first-order chi connectivity index (χ1) is 7.99. The molecule has 0 heterocycles. The Morgan fingerprint density at radius 1 is 1.24 bits per heavy atom. The normalized spacial score (nSPS) is 10.8. The number of nitrogens with zero attached hydrogens (tertiary/aromatic N) is 2. The van der Waals surface area contributed by atoms with Crippen molar-refractivity contribution in [3.05, 3.63) is 27.8 Å². The Balaban J connectivity index is 3.12. The van der Waals surface area contributed by atoms with Gasteiger partial charge in [0.2, 0.25) is 0 Å². The fourth-order valence-electron chi connectivity index (χ4n) is 1.59. The van der Waals surface area contributed by atoms with Gasteiger partial charge in [0.1, 0.15) is 0 Å². The Morgan fingerprint density at radius 2 is 1.76 bits per heavy atom. The maximum absolute atomic E-state index is 10.8. The Kier molecular flexibility index (Phi) is 4.28. The highest BCUT2D eigenvalue weighted by Crippen LogP contribution is 2.33. The summed E-state index contributed by atoms with van der Waals surface area (Å²) in [5.41, 5.74) is 0.223. The molecule has 0 fully saturated rings. The number of phenols is 2. The first kappa shape index (κ1) is 13.2. The summed E-state index contributed by atoms with van der Waals surface area (Å²) in [6, 6.07) is 2.22. The second kappa shape index (κ2) is 5.49. The summed E-state index contributed by atoms with van der Waals surface area (Å²) in [5.74, 6) is -0.808. The van der Waals surface area contributed by atoms with E-state index in [1.54, 1.807) is 0 Å². The number of hydrogen-bond acceptors (Lipinski definition) is 5. The van der Waals surface area contributed by atoms with Gasteiger partial charge in [0.15, 0.2) is 11.5 Å². The Bertz CT molecular complexity index is 416. The third kappa shape index (κ3) is 3.07. The van der Waals surface area contributed by atoms with Crippen LogP contribution in [0.25, 0.3) is 0 Å². The highest BCUT2D eigenvalue weighted by Gasteiger charge is 2.19. The topological polar surface area (TPSA) is 86.8 Å². The molecule has 0 radical (unpaired) electrons. The average molecular weight is 240 g/mol. The van der Waals surface area contributed by atoms with Crippen molar-refractivity contribution >= 4 is 5.69 Å². The van der Waals surface area contributed by atoms with E-state index in [1.807, 2.05) is 18.7 Å². The maximum Gasteiger partial charge on any atom is 0.277 e. The molecule has 0 saturated heterocycles. The molecule has 1 rings (SSSR count). The van der Waals surface area contributed by atoms with Crippen molar-refractivity contribution in [3.63, 3.8) is 0 Å². The zero-order chi connectivity index (χ0) is 13.0. The molecule has 6 heteroatoms. The fourth-order valence-corrected chi connectivity index (χ4v) is 1.59. The highest BCUT2D eigenvalue weighted by molar-refractivity contribution is 5.52. The van der Waals surface area contributed by atoms with Crippen LogP contribution in [0.5, 0.6) is 11.5 Å². The van der Waals surface area contributed by atoms with Crippen LogP contribution in [0, 0.1) is 10.1 Å². The summed E-state index contributed by atoms with van der Waals surface area (Å²) >= 11 is 0. The molecule has 0 atom stereocenters. The minimum atomic E-state index is -0.558. The molecule has 0 amide bonds. The molecule has 0 aliphatic carbocycles. The van der Waals surface area contributed by atoms with E-state index in [4.69, 9.17) is 0 Å². The number of rotatable bonds is 5. The SMILES string of the molecule is CCN(CC)Cc1cc(O)c(O)cc1[N+](=O)[O-]. The largest absolute Gasteiger partial charge is 0.504 e. The van der Waals surface area contributed by atoms with Gasteiger partial charge in [0, 0.05) is 12.1 Å². The van der Waals surface area contributed by atoms with Gasteiger partial charge in [-0.05, 0) is 19.2 Å². The number of nitro benzene ring substituents is 1. The van der Waals surface area contributed by atoms with Crippen LogP contribution in [0.3, 0.4) is 0 Å². The van der Waals surface area contributed by atoms with Crippen LogP contribution in [0.15, 0.2) is 12.1 Å². The molecule has 0 aromatic heterocycles. The first-order valence-corrected chi connectivity index (χ1v) is 5.41. The predicted octanol–water partition coefficient (Wildman–Crippen LogP) is 1.85. The molecule has 94 valence electrons. The van der Waals surface area contributed by atoms with E-state index in [2.05, 4.69) is 0 Å². The Morgan fingerprint density at radius 3 is 2.24 bits per heavy atom. The lowest BCUT2D eigenvalue weighted by molar-refractivity contribution is -0.385. The lowest BCUT2D eigenvalue weighted by Crippen LogP contribution is -2.22. The van der Waals surface area contributed by atoms with Crippen LogP contribution in [-0.4, -0.2) is 33.1 Å². The van der Waals surface area contributed by atoms with Crippen molar-refractivity contribution in [1.82, 2.24) is 4.90 Å². The molecular weight excluding hydrogens is 224 g/mol. The van der Waals surface area contributed by atoms with Crippen molar-refractivity contribution in [2.24, 2.45) is 0 Å². The summed E-state index contributed by atoms with van der Waals surface area (Å²) in [5, 5.41) is 29.5. The van der Waals surface area contributed by atoms with Gasteiger partial charge in [0.25, 0.3) is 5.69 Å². The molecule has 0 aliphatic rings. The predicted molar refractivity (Wildman–Crippen MR) is 63.1 cm³/mol. The van der Waals surface area contributed by atoms with Crippen molar-refractivity contribution in [3.8, 4) is 11.5 Å². The van der Waals surface area contributed by atoms with Gasteiger partial charge in [-0.15, -0.1) is 0 Å². The van der Waals surface area contributed by atoms with Crippen LogP contribution >= 0.6 is 0 Å². The third-order valence-corrected chi connectivity index (χ3v) is 2.66. The van der Waals surface area contributed by atoms with Gasteiger partial charge in [-0.1, -0.05) is 13.8 Å². The van der Waals surface area contributed by atoms with Crippen molar-refractivity contribution in [1.29, 1.82) is 0 Å². The van der Waals surface area contributed by atoms with Crippen LogP contribution in [-0.2, 0) is 6.54 Å². The molecule has 0 bridgehead atoms. The summed E-state index contributed by atoms with van der Waals surface area (Å²) in [7, 11) is 0. The second-order valence-corrected chi connectivity index (χ2v) is 3.69. The zero-order valence-electron chi connectivity index (χ0n) is 9.88. The van der Waals surface area contributed by atoms with E-state index in [-0.39, 0.29) is 11.4 Å². The van der Waals surface area contributed by atoms with E-state index in [0.29, 0.717) is 12.1 Å². The highest BCUT2D eigenvalue weighted by atomic mass is 16.6. The molecule has 0 spiro atoms. The molecule has 0 saturated carbocycles. The van der Waals surface area contributed by atoms with E-state index in [9.17, 15) is 20.3 Å². The quantitative estimate of drug-likeness (QED) is 0.466. The van der Waals surface area contributed by atoms with Crippen LogP contribution in [0.2, 0.25) is 0 Å².